The van der Waals surface area contributed by atoms with Gasteiger partial charge in [0.1, 0.15) is 11.5 Å². The number of hydrogen-bond acceptors (Lipinski definition) is 6. The Balaban J connectivity index is 0. The lowest BCUT2D eigenvalue weighted by atomic mass is 10.1. The molecule has 0 saturated heterocycles. The Morgan fingerprint density at radius 2 is 0.571 bits per heavy atom. The second-order valence-corrected chi connectivity index (χ2v) is 9.72. The molecule has 0 fully saturated rings. The van der Waals surface area contributed by atoms with Crippen molar-refractivity contribution in [3.05, 3.63) is 24.3 Å². The van der Waals surface area contributed by atoms with Crippen LogP contribution >= 0.6 is 0 Å². The zero-order valence-corrected chi connectivity index (χ0v) is 20.0. The van der Waals surface area contributed by atoms with E-state index in [1.807, 2.05) is 0 Å². The first-order valence-electron chi connectivity index (χ1n) is 8.61. The Labute approximate surface area is 218 Å². The SMILES string of the molecule is O=S(=O)(O)C(F)(F)C(F)(F)C(F)(F)C(F)(F)F.O=S(=O)(O)C(F)(F)C(F)(F)C(F)(F)C(F)(F)F.Oc1ccc(O)cc1. The van der Waals surface area contributed by atoms with Crippen LogP contribution in [0.3, 0.4) is 0 Å². The van der Waals surface area contributed by atoms with Crippen molar-refractivity contribution in [3.63, 3.8) is 0 Å². The van der Waals surface area contributed by atoms with Crippen molar-refractivity contribution in [2.45, 2.75) is 46.6 Å². The van der Waals surface area contributed by atoms with Crippen molar-refractivity contribution in [1.29, 1.82) is 0 Å². The Morgan fingerprint density at radius 3 is 0.690 bits per heavy atom. The quantitative estimate of drug-likeness (QED) is 0.167. The molecule has 1 aromatic carbocycles. The predicted octanol–water partition coefficient (Wildman–Crippen LogP) is 5.70. The van der Waals surface area contributed by atoms with Gasteiger partial charge in [-0.2, -0.15) is 95.9 Å². The van der Waals surface area contributed by atoms with Gasteiger partial charge in [-0.1, -0.05) is 0 Å². The van der Waals surface area contributed by atoms with Crippen LogP contribution < -0.4 is 0 Å². The van der Waals surface area contributed by atoms with E-state index in [0.29, 0.717) is 0 Å². The smallest absolute Gasteiger partial charge is 0.460 e. The van der Waals surface area contributed by atoms with Crippen molar-refractivity contribution in [2.75, 3.05) is 0 Å². The zero-order chi connectivity index (χ0) is 35.0. The van der Waals surface area contributed by atoms with Crippen LogP contribution in [0, 0.1) is 0 Å². The summed E-state index contributed by atoms with van der Waals surface area (Å²) in [5.41, 5.74) is 0. The summed E-state index contributed by atoms with van der Waals surface area (Å²) >= 11 is 0. The fourth-order valence-electron chi connectivity index (χ4n) is 1.50. The number of rotatable bonds is 6. The van der Waals surface area contributed by atoms with Gasteiger partial charge in [-0.3, -0.25) is 9.11 Å². The van der Waals surface area contributed by atoms with Crippen LogP contribution in [0.1, 0.15) is 0 Å². The molecule has 0 aliphatic carbocycles. The number of aromatic hydroxyl groups is 2. The molecule has 4 N–H and O–H groups in total. The lowest BCUT2D eigenvalue weighted by Gasteiger charge is -2.31. The van der Waals surface area contributed by atoms with Crippen LogP contribution in [0.5, 0.6) is 11.5 Å². The van der Waals surface area contributed by atoms with E-state index in [9.17, 15) is 95.9 Å². The van der Waals surface area contributed by atoms with E-state index in [-0.39, 0.29) is 11.5 Å². The largest absolute Gasteiger partial charge is 0.508 e. The topological polar surface area (TPSA) is 149 Å². The fraction of sp³-hybridized carbons (Fsp3) is 0.571. The van der Waals surface area contributed by atoms with Crippen LogP contribution in [0.2, 0.25) is 0 Å². The molecular weight excluding hydrogens is 702 g/mol. The monoisotopic (exact) mass is 710 g/mol. The van der Waals surface area contributed by atoms with E-state index in [1.165, 1.54) is 24.3 Å². The molecule has 1 rings (SSSR count). The second kappa shape index (κ2) is 11.8. The van der Waals surface area contributed by atoms with Gasteiger partial charge < -0.3 is 10.2 Å². The fourth-order valence-corrected chi connectivity index (χ4v) is 2.40. The summed E-state index contributed by atoms with van der Waals surface area (Å²) in [7, 11) is -14.3. The molecule has 0 saturated carbocycles. The summed E-state index contributed by atoms with van der Waals surface area (Å²) < 4.78 is 268. The average molecular weight is 710 g/mol. The highest BCUT2D eigenvalue weighted by atomic mass is 32.2. The lowest BCUT2D eigenvalue weighted by molar-refractivity contribution is -0.382. The van der Waals surface area contributed by atoms with Crippen LogP contribution in [0.15, 0.2) is 24.3 Å². The third-order valence-corrected chi connectivity index (χ3v) is 5.54. The summed E-state index contributed by atoms with van der Waals surface area (Å²) in [6, 6.07) is 5.70. The number of phenolic OH excluding ortho intramolecular Hbond substituents is 2. The summed E-state index contributed by atoms with van der Waals surface area (Å²) in [6.07, 6.45) is -14.3. The Kier molecular flexibility index (Phi) is 11.7. The van der Waals surface area contributed by atoms with Crippen molar-refractivity contribution in [3.8, 4) is 11.5 Å². The zero-order valence-electron chi connectivity index (χ0n) is 18.4. The number of halogens is 18. The van der Waals surface area contributed by atoms with Crippen LogP contribution in [0.25, 0.3) is 0 Å². The number of hydrogen-bond donors (Lipinski definition) is 4. The normalized spacial score (nSPS) is 14.8. The molecule has 250 valence electrons. The van der Waals surface area contributed by atoms with Crippen molar-refractivity contribution in [1.82, 2.24) is 0 Å². The van der Waals surface area contributed by atoms with E-state index in [1.54, 1.807) is 0 Å². The minimum Gasteiger partial charge on any atom is -0.508 e. The average Bonchev–Trinajstić information content (AvgIpc) is 2.73. The first kappa shape index (κ1) is 41.5. The highest BCUT2D eigenvalue weighted by Gasteiger charge is 2.86. The number of phenols is 2. The molecule has 0 radical (unpaired) electrons. The van der Waals surface area contributed by atoms with Gasteiger partial charge in [-0.05, 0) is 24.3 Å². The second-order valence-electron chi connectivity index (χ2n) is 6.79. The summed E-state index contributed by atoms with van der Waals surface area (Å²) in [5.74, 6) is -29.1. The molecule has 0 amide bonds. The molecule has 1 aromatic rings. The third kappa shape index (κ3) is 7.85. The van der Waals surface area contributed by atoms with Crippen molar-refractivity contribution in [2.24, 2.45) is 0 Å². The van der Waals surface area contributed by atoms with Gasteiger partial charge >= 0.3 is 66.8 Å². The van der Waals surface area contributed by atoms with Crippen LogP contribution in [0.4, 0.5) is 79.0 Å². The van der Waals surface area contributed by atoms with E-state index in [4.69, 9.17) is 19.3 Å². The van der Waals surface area contributed by atoms with Gasteiger partial charge in [0.25, 0.3) is 0 Å². The predicted molar refractivity (Wildman–Crippen MR) is 94.7 cm³/mol. The molecule has 42 heavy (non-hydrogen) atoms. The van der Waals surface area contributed by atoms with E-state index < -0.39 is 66.8 Å². The highest BCUT2D eigenvalue weighted by molar-refractivity contribution is 7.87. The molecule has 0 bridgehead atoms. The highest BCUT2D eigenvalue weighted by Crippen LogP contribution is 2.55. The Hall–Kier alpha value is -2.62. The minimum absolute atomic E-state index is 0.169. The first-order valence-corrected chi connectivity index (χ1v) is 11.5. The van der Waals surface area contributed by atoms with Gasteiger partial charge in [-0.25, -0.2) is 0 Å². The third-order valence-electron chi connectivity index (χ3n) is 3.73. The van der Waals surface area contributed by atoms with Gasteiger partial charge in [-0.15, -0.1) is 0 Å². The molecular formula is C14H8F18O8S2. The molecule has 0 aliphatic rings. The molecule has 8 nitrogen and oxygen atoms in total. The van der Waals surface area contributed by atoms with Gasteiger partial charge in [0.2, 0.25) is 0 Å². The molecule has 0 atom stereocenters. The van der Waals surface area contributed by atoms with E-state index in [2.05, 4.69) is 0 Å². The van der Waals surface area contributed by atoms with Crippen molar-refractivity contribution < 1.29 is 115 Å². The van der Waals surface area contributed by atoms with Gasteiger partial charge in [0.15, 0.2) is 0 Å². The van der Waals surface area contributed by atoms with Crippen LogP contribution in [-0.2, 0) is 20.2 Å². The molecule has 0 spiro atoms. The Morgan fingerprint density at radius 1 is 0.405 bits per heavy atom. The standard InChI is InChI=1S/C6H6O2.2C4HF9O3S/c7-5-1-2-6(8)4-3-5;2*5-1(6,3(9,10)11)2(7,8)4(12,13)17(14,15)16/h1-4,7-8H;2*(H,14,15,16). The van der Waals surface area contributed by atoms with Crippen molar-refractivity contribution >= 4 is 20.2 Å². The maximum absolute atomic E-state index is 12.2. The summed E-state index contributed by atoms with van der Waals surface area (Å²) in [6.45, 7) is 0. The molecule has 0 aliphatic heterocycles. The number of alkyl halides is 18. The maximum Gasteiger partial charge on any atom is 0.460 e. The van der Waals surface area contributed by atoms with Gasteiger partial charge in [0.05, 0.1) is 0 Å². The molecule has 0 unspecified atom stereocenters. The van der Waals surface area contributed by atoms with Gasteiger partial charge in [0, 0.05) is 0 Å². The maximum atomic E-state index is 12.2. The minimum atomic E-state index is -7.37. The van der Waals surface area contributed by atoms with Crippen LogP contribution in [-0.4, -0.2) is 82.7 Å². The molecule has 0 heterocycles. The van der Waals surface area contributed by atoms with E-state index >= 15 is 0 Å². The summed E-state index contributed by atoms with van der Waals surface area (Å²) in [5, 5.41) is 3.29. The molecule has 28 heteroatoms. The first-order chi connectivity index (χ1) is 17.8. The summed E-state index contributed by atoms with van der Waals surface area (Å²) in [4.78, 5) is 0. The number of benzene rings is 1. The van der Waals surface area contributed by atoms with E-state index in [0.717, 1.165) is 0 Å². The lowest BCUT2D eigenvalue weighted by Crippen LogP contribution is -2.63. The molecule has 0 aromatic heterocycles. The Bertz CT molecular complexity index is 1170.